The first-order valence-corrected chi connectivity index (χ1v) is 5.50. The van der Waals surface area contributed by atoms with E-state index in [9.17, 15) is 13.2 Å². The first kappa shape index (κ1) is 12.5. The highest BCUT2D eigenvalue weighted by atomic mass is 35.5. The third kappa shape index (κ3) is 4.22. The van der Waals surface area contributed by atoms with E-state index in [1.165, 1.54) is 0 Å². The van der Waals surface area contributed by atoms with Crippen LogP contribution in [0.25, 0.3) is 0 Å². The maximum atomic E-state index is 11.9. The molecule has 0 fully saturated rings. The number of anilines is 1. The zero-order chi connectivity index (χ0) is 11.5. The maximum absolute atomic E-state index is 11.9. The molecule has 0 amide bonds. The Morgan fingerprint density at radius 1 is 1.33 bits per heavy atom. The second kappa shape index (κ2) is 4.99. The molecule has 0 heterocycles. The van der Waals surface area contributed by atoms with Gasteiger partial charge in [-0.25, -0.2) is 0 Å². The van der Waals surface area contributed by atoms with Gasteiger partial charge in [0.2, 0.25) is 0 Å². The van der Waals surface area contributed by atoms with Crippen LogP contribution in [-0.4, -0.2) is 11.9 Å². The Labute approximate surface area is 94.8 Å². The molecule has 1 rings (SSSR count). The highest BCUT2D eigenvalue weighted by Crippen LogP contribution is 2.34. The van der Waals surface area contributed by atoms with Crippen LogP contribution in [0.5, 0.6) is 0 Å². The Bertz CT molecular complexity index is 320. The minimum absolute atomic E-state index is 0.0720. The lowest BCUT2D eigenvalue weighted by atomic mass is 10.3. The van der Waals surface area contributed by atoms with Gasteiger partial charge < -0.3 is 5.73 Å². The lowest BCUT2D eigenvalue weighted by molar-refractivity contribution is -0.129. The molecule has 0 saturated heterocycles. The summed E-state index contributed by atoms with van der Waals surface area (Å²) in [4.78, 5) is 0.517. The fourth-order valence-electron chi connectivity index (χ4n) is 0.947. The smallest absolute Gasteiger partial charge is 0.389 e. The molecule has 0 spiro atoms. The van der Waals surface area contributed by atoms with Gasteiger partial charge in [0.25, 0.3) is 0 Å². The number of alkyl halides is 3. The van der Waals surface area contributed by atoms with Crippen molar-refractivity contribution in [2.75, 3.05) is 11.5 Å². The summed E-state index contributed by atoms with van der Waals surface area (Å²) in [6.07, 6.45) is -4.98. The Balaban J connectivity index is 2.58. The van der Waals surface area contributed by atoms with Crippen molar-refractivity contribution in [1.29, 1.82) is 0 Å². The Kier molecular flexibility index (Phi) is 4.16. The number of nitrogens with two attached hydrogens (primary N) is 1. The molecule has 1 aromatic rings. The van der Waals surface area contributed by atoms with E-state index in [0.29, 0.717) is 15.6 Å². The summed E-state index contributed by atoms with van der Waals surface area (Å²) < 4.78 is 35.6. The van der Waals surface area contributed by atoms with Crippen molar-refractivity contribution in [3.8, 4) is 0 Å². The SMILES string of the molecule is Nc1cccc(Cl)c1SCCC(F)(F)F. The number of rotatable bonds is 3. The maximum Gasteiger partial charge on any atom is 0.389 e. The Morgan fingerprint density at radius 2 is 2.00 bits per heavy atom. The van der Waals surface area contributed by atoms with Crippen molar-refractivity contribution in [2.45, 2.75) is 17.5 Å². The molecule has 2 N–H and O–H groups in total. The molecule has 0 saturated carbocycles. The van der Waals surface area contributed by atoms with Crippen LogP contribution in [0.1, 0.15) is 6.42 Å². The van der Waals surface area contributed by atoms with Crippen LogP contribution in [0.15, 0.2) is 23.1 Å². The molecular formula is C9H9ClF3NS. The number of thioether (sulfide) groups is 1. The van der Waals surface area contributed by atoms with Gasteiger partial charge in [0.05, 0.1) is 11.4 Å². The number of hydrogen-bond acceptors (Lipinski definition) is 2. The van der Waals surface area contributed by atoms with Gasteiger partial charge in [-0.3, -0.25) is 0 Å². The van der Waals surface area contributed by atoms with E-state index in [4.69, 9.17) is 17.3 Å². The molecule has 1 nitrogen and oxygen atoms in total. The molecule has 0 atom stereocenters. The largest absolute Gasteiger partial charge is 0.398 e. The van der Waals surface area contributed by atoms with Crippen LogP contribution >= 0.6 is 23.4 Å². The molecule has 0 unspecified atom stereocenters. The Hall–Kier alpha value is -0.550. The summed E-state index contributed by atoms with van der Waals surface area (Å²) in [7, 11) is 0. The van der Waals surface area contributed by atoms with E-state index < -0.39 is 12.6 Å². The van der Waals surface area contributed by atoms with E-state index in [0.717, 1.165) is 11.8 Å². The molecule has 0 radical (unpaired) electrons. The summed E-state index contributed by atoms with van der Waals surface area (Å²) in [5.74, 6) is -0.0720. The molecule has 15 heavy (non-hydrogen) atoms. The van der Waals surface area contributed by atoms with E-state index in [2.05, 4.69) is 0 Å². The number of nitrogen functional groups attached to an aromatic ring is 1. The van der Waals surface area contributed by atoms with Gasteiger partial charge in [0.15, 0.2) is 0 Å². The normalized spacial score (nSPS) is 11.7. The molecule has 0 aromatic heterocycles. The summed E-state index contributed by atoms with van der Waals surface area (Å²) in [6, 6.07) is 4.88. The first-order chi connectivity index (χ1) is 6.90. The van der Waals surface area contributed by atoms with Crippen LogP contribution in [0, 0.1) is 0 Å². The van der Waals surface area contributed by atoms with Crippen LogP contribution in [-0.2, 0) is 0 Å². The molecule has 6 heteroatoms. The van der Waals surface area contributed by atoms with Crippen molar-refractivity contribution in [3.05, 3.63) is 23.2 Å². The fourth-order valence-corrected chi connectivity index (χ4v) is 2.27. The highest BCUT2D eigenvalue weighted by molar-refractivity contribution is 7.99. The van der Waals surface area contributed by atoms with Gasteiger partial charge in [-0.15, -0.1) is 11.8 Å². The van der Waals surface area contributed by atoms with Crippen molar-refractivity contribution in [1.82, 2.24) is 0 Å². The van der Waals surface area contributed by atoms with Crippen LogP contribution in [0.4, 0.5) is 18.9 Å². The van der Waals surface area contributed by atoms with E-state index in [-0.39, 0.29) is 5.75 Å². The quantitative estimate of drug-likeness (QED) is 0.653. The van der Waals surface area contributed by atoms with Crippen molar-refractivity contribution in [3.63, 3.8) is 0 Å². The van der Waals surface area contributed by atoms with Gasteiger partial charge in [0.1, 0.15) is 0 Å². The minimum Gasteiger partial charge on any atom is -0.398 e. The van der Waals surface area contributed by atoms with Crippen molar-refractivity contribution < 1.29 is 13.2 Å². The topological polar surface area (TPSA) is 26.0 Å². The molecule has 0 aliphatic carbocycles. The molecule has 0 aliphatic heterocycles. The minimum atomic E-state index is -4.14. The van der Waals surface area contributed by atoms with Crippen LogP contribution in [0.2, 0.25) is 5.02 Å². The third-order valence-electron chi connectivity index (χ3n) is 1.63. The lowest BCUT2D eigenvalue weighted by Gasteiger charge is -2.08. The standard InChI is InChI=1S/C9H9ClF3NS/c10-6-2-1-3-7(14)8(6)15-5-4-9(11,12)13/h1-3H,4-5,14H2. The Morgan fingerprint density at radius 3 is 2.53 bits per heavy atom. The van der Waals surface area contributed by atoms with Gasteiger partial charge in [-0.1, -0.05) is 17.7 Å². The third-order valence-corrected chi connectivity index (χ3v) is 3.21. The van der Waals surface area contributed by atoms with Crippen LogP contribution in [0.3, 0.4) is 0 Å². The average Bonchev–Trinajstić information content (AvgIpc) is 2.08. The monoisotopic (exact) mass is 255 g/mol. The second-order valence-corrected chi connectivity index (χ2v) is 4.38. The summed E-state index contributed by atoms with van der Waals surface area (Å²) in [5, 5.41) is 0.391. The molecule has 1 aromatic carbocycles. The fraction of sp³-hybridized carbons (Fsp3) is 0.333. The predicted octanol–water partition coefficient (Wildman–Crippen LogP) is 3.97. The first-order valence-electron chi connectivity index (χ1n) is 4.13. The highest BCUT2D eigenvalue weighted by Gasteiger charge is 2.26. The number of halogens is 4. The van der Waals surface area contributed by atoms with E-state index >= 15 is 0 Å². The van der Waals surface area contributed by atoms with Gasteiger partial charge in [-0.05, 0) is 12.1 Å². The average molecular weight is 256 g/mol. The van der Waals surface area contributed by atoms with Crippen molar-refractivity contribution in [2.24, 2.45) is 0 Å². The lowest BCUT2D eigenvalue weighted by Crippen LogP contribution is -2.08. The molecular weight excluding hydrogens is 247 g/mol. The van der Waals surface area contributed by atoms with Gasteiger partial charge in [-0.2, -0.15) is 13.2 Å². The molecule has 0 aliphatic rings. The second-order valence-electron chi connectivity index (χ2n) is 2.87. The van der Waals surface area contributed by atoms with Gasteiger partial charge in [0, 0.05) is 16.3 Å². The number of benzene rings is 1. The molecule has 84 valence electrons. The van der Waals surface area contributed by atoms with Crippen molar-refractivity contribution >= 4 is 29.1 Å². The zero-order valence-electron chi connectivity index (χ0n) is 7.64. The van der Waals surface area contributed by atoms with E-state index in [1.54, 1.807) is 18.2 Å². The summed E-state index contributed by atoms with van der Waals surface area (Å²) in [6.45, 7) is 0. The predicted molar refractivity (Wildman–Crippen MR) is 57.3 cm³/mol. The zero-order valence-corrected chi connectivity index (χ0v) is 9.22. The summed E-state index contributed by atoms with van der Waals surface area (Å²) in [5.41, 5.74) is 6.00. The molecule has 0 bridgehead atoms. The summed E-state index contributed by atoms with van der Waals surface area (Å²) >= 11 is 6.82. The van der Waals surface area contributed by atoms with Gasteiger partial charge >= 0.3 is 6.18 Å². The number of hydrogen-bond donors (Lipinski definition) is 1. The van der Waals surface area contributed by atoms with Crippen LogP contribution < -0.4 is 5.73 Å². The van der Waals surface area contributed by atoms with E-state index in [1.807, 2.05) is 0 Å².